The van der Waals surface area contributed by atoms with E-state index >= 15 is 0 Å². The number of rotatable bonds is 0. The molecule has 3 heteroatoms. The fraction of sp³-hybridized carbons (Fsp3) is 0.714. The fourth-order valence-electron chi connectivity index (χ4n) is 0.510. The van der Waals surface area contributed by atoms with E-state index in [-0.39, 0.29) is 76.2 Å². The number of hydrogen-bond donors (Lipinski definition) is 0. The van der Waals surface area contributed by atoms with Gasteiger partial charge in [0.25, 0.3) is 0 Å². The van der Waals surface area contributed by atoms with Crippen LogP contribution in [0.25, 0.3) is 0 Å². The van der Waals surface area contributed by atoms with Gasteiger partial charge in [0, 0.05) is 78.6 Å². The summed E-state index contributed by atoms with van der Waals surface area (Å²) in [6.07, 6.45) is 2.56. The SMILES string of the molecule is C1CCOC1.[CH2-]C([CH2-])(C)C.[CH2-]C([CH2-])(C)C.[Y].[Y]. The van der Waals surface area contributed by atoms with E-state index in [9.17, 15) is 0 Å². The molecule has 17 heavy (non-hydrogen) atoms. The molecule has 1 heterocycles. The van der Waals surface area contributed by atoms with Gasteiger partial charge in [-0.2, -0.15) is 0 Å². The van der Waals surface area contributed by atoms with Gasteiger partial charge in [-0.1, -0.05) is 0 Å². The molecule has 1 aliphatic rings. The van der Waals surface area contributed by atoms with E-state index in [0.29, 0.717) is 0 Å². The van der Waals surface area contributed by atoms with E-state index in [1.54, 1.807) is 0 Å². The summed E-state index contributed by atoms with van der Waals surface area (Å²) < 4.78 is 4.94. The second kappa shape index (κ2) is 14.6. The zero-order valence-corrected chi connectivity index (χ0v) is 17.9. The quantitative estimate of drug-likeness (QED) is 0.565. The molecule has 100 valence electrons. The Morgan fingerprint density at radius 2 is 0.882 bits per heavy atom. The van der Waals surface area contributed by atoms with Gasteiger partial charge >= 0.3 is 0 Å². The maximum atomic E-state index is 4.94. The van der Waals surface area contributed by atoms with Gasteiger partial charge in [-0.3, -0.25) is 10.8 Å². The third-order valence-corrected chi connectivity index (χ3v) is 0.827. The first-order valence-corrected chi connectivity index (χ1v) is 5.49. The van der Waals surface area contributed by atoms with Crippen LogP contribution in [0.2, 0.25) is 0 Å². The van der Waals surface area contributed by atoms with E-state index in [2.05, 4.69) is 27.7 Å². The molecule has 1 saturated heterocycles. The van der Waals surface area contributed by atoms with Crippen molar-refractivity contribution in [2.45, 2.75) is 40.5 Å². The minimum Gasteiger partial charge on any atom is -0.381 e. The molecule has 0 bridgehead atoms. The van der Waals surface area contributed by atoms with Crippen LogP contribution in [0.3, 0.4) is 0 Å². The molecule has 0 unspecified atom stereocenters. The van der Waals surface area contributed by atoms with Crippen molar-refractivity contribution in [3.05, 3.63) is 27.7 Å². The normalized spacial score (nSPS) is 14.1. The molecule has 0 N–H and O–H groups in total. The molecular weight excluding hydrogens is 362 g/mol. The van der Waals surface area contributed by atoms with Crippen molar-refractivity contribution in [3.63, 3.8) is 0 Å². The molecule has 0 saturated carbocycles. The molecule has 1 nitrogen and oxygen atoms in total. The van der Waals surface area contributed by atoms with Crippen LogP contribution in [0.5, 0.6) is 0 Å². The third kappa shape index (κ3) is 92.4. The van der Waals surface area contributed by atoms with Gasteiger partial charge < -0.3 is 32.4 Å². The smallest absolute Gasteiger partial charge is 0.0466 e. The Kier molecular flexibility index (Phi) is 23.6. The summed E-state index contributed by atoms with van der Waals surface area (Å²) in [4.78, 5) is 0. The topological polar surface area (TPSA) is 9.23 Å². The van der Waals surface area contributed by atoms with Crippen molar-refractivity contribution in [3.8, 4) is 0 Å². The Morgan fingerprint density at radius 1 is 0.706 bits per heavy atom. The van der Waals surface area contributed by atoms with Crippen LogP contribution in [0.4, 0.5) is 0 Å². The van der Waals surface area contributed by atoms with Crippen LogP contribution in [-0.4, -0.2) is 13.2 Å². The van der Waals surface area contributed by atoms with Crippen molar-refractivity contribution in [2.24, 2.45) is 10.8 Å². The van der Waals surface area contributed by atoms with E-state index in [0.717, 1.165) is 13.2 Å². The molecular formula is C14H28OY2-4. The Hall–Kier alpha value is 2.17. The standard InChI is InChI=1S/2C5H10.C4H8O.2Y/c2*1-5(2,3)4;1-2-4-5-3-1;;/h2*1-2H2,3-4H3;1-4H2;;/q2*-2;;;. The van der Waals surface area contributed by atoms with Crippen LogP contribution in [0, 0.1) is 38.5 Å². The molecule has 0 aliphatic carbocycles. The minimum atomic E-state index is 0. The molecule has 0 aromatic carbocycles. The van der Waals surface area contributed by atoms with Crippen molar-refractivity contribution in [2.75, 3.05) is 13.2 Å². The van der Waals surface area contributed by atoms with Gasteiger partial charge in [0.15, 0.2) is 0 Å². The average Bonchev–Trinajstić information content (AvgIpc) is 2.28. The molecule has 0 atom stereocenters. The van der Waals surface area contributed by atoms with Gasteiger partial charge in [-0.25, -0.2) is 0 Å². The summed E-state index contributed by atoms with van der Waals surface area (Å²) in [6, 6.07) is 0. The Balaban J connectivity index is -0.0000000704. The molecule has 1 fully saturated rings. The summed E-state index contributed by atoms with van der Waals surface area (Å²) in [6.45, 7) is 24.5. The first-order chi connectivity index (χ1) is 6.50. The molecule has 1 aliphatic heterocycles. The Morgan fingerprint density at radius 3 is 0.941 bits per heavy atom. The molecule has 2 radical (unpaired) electrons. The zero-order chi connectivity index (χ0) is 12.5. The van der Waals surface area contributed by atoms with Crippen LogP contribution in [0.1, 0.15) is 40.5 Å². The van der Waals surface area contributed by atoms with E-state index in [1.165, 1.54) is 12.8 Å². The average molecular weight is 390 g/mol. The van der Waals surface area contributed by atoms with Crippen molar-refractivity contribution >= 4 is 0 Å². The van der Waals surface area contributed by atoms with E-state index in [4.69, 9.17) is 4.74 Å². The third-order valence-electron chi connectivity index (χ3n) is 0.827. The molecule has 0 amide bonds. The van der Waals surface area contributed by atoms with Crippen LogP contribution >= 0.6 is 0 Å². The summed E-state index contributed by atoms with van der Waals surface area (Å²) in [5.41, 5.74) is 0. The largest absolute Gasteiger partial charge is 0.381 e. The zero-order valence-electron chi connectivity index (χ0n) is 12.2. The first kappa shape index (κ1) is 27.5. The van der Waals surface area contributed by atoms with Crippen molar-refractivity contribution in [1.29, 1.82) is 0 Å². The second-order valence-electron chi connectivity index (χ2n) is 5.65. The van der Waals surface area contributed by atoms with Gasteiger partial charge in [-0.15, -0.1) is 27.7 Å². The summed E-state index contributed by atoms with van der Waals surface area (Å²) >= 11 is 0. The first-order valence-electron chi connectivity index (χ1n) is 5.49. The maximum absolute atomic E-state index is 4.94. The summed E-state index contributed by atoms with van der Waals surface area (Å²) in [7, 11) is 0. The van der Waals surface area contributed by atoms with E-state index in [1.807, 2.05) is 27.7 Å². The van der Waals surface area contributed by atoms with Gasteiger partial charge in [-0.05, 0) is 12.8 Å². The monoisotopic (exact) mass is 390 g/mol. The predicted octanol–water partition coefficient (Wildman–Crippen LogP) is 4.15. The second-order valence-corrected chi connectivity index (χ2v) is 5.65. The van der Waals surface area contributed by atoms with Crippen molar-refractivity contribution < 1.29 is 70.2 Å². The van der Waals surface area contributed by atoms with Crippen LogP contribution in [-0.2, 0) is 70.2 Å². The molecule has 0 aromatic rings. The molecule has 1 rings (SSSR count). The number of hydrogen-bond acceptors (Lipinski definition) is 1. The number of ether oxygens (including phenoxy) is 1. The van der Waals surface area contributed by atoms with Gasteiger partial charge in [0.1, 0.15) is 0 Å². The predicted molar refractivity (Wildman–Crippen MR) is 69.0 cm³/mol. The van der Waals surface area contributed by atoms with Crippen LogP contribution in [0.15, 0.2) is 0 Å². The molecule has 0 spiro atoms. The minimum absolute atomic E-state index is 0. The Labute approximate surface area is 160 Å². The summed E-state index contributed by atoms with van der Waals surface area (Å²) in [5, 5.41) is 0. The van der Waals surface area contributed by atoms with E-state index < -0.39 is 0 Å². The maximum Gasteiger partial charge on any atom is 0.0466 e. The Bertz CT molecular complexity index is 98.5. The van der Waals surface area contributed by atoms with Gasteiger partial charge in [0.2, 0.25) is 0 Å². The van der Waals surface area contributed by atoms with Crippen LogP contribution < -0.4 is 0 Å². The molecule has 0 aromatic heterocycles. The fourth-order valence-corrected chi connectivity index (χ4v) is 0.510. The van der Waals surface area contributed by atoms with Gasteiger partial charge in [0.05, 0.1) is 0 Å². The summed E-state index contributed by atoms with van der Waals surface area (Å²) in [5.74, 6) is 0. The van der Waals surface area contributed by atoms with Crippen molar-refractivity contribution in [1.82, 2.24) is 0 Å².